The van der Waals surface area contributed by atoms with Crippen molar-refractivity contribution in [1.29, 1.82) is 0 Å². The first-order chi connectivity index (χ1) is 7.38. The Hall–Kier alpha value is -0.0900. The van der Waals surface area contributed by atoms with Crippen molar-refractivity contribution in [3.05, 3.63) is 0 Å². The average Bonchev–Trinajstić information content (AvgIpc) is 2.16. The molecule has 3 nitrogen and oxygen atoms in total. The van der Waals surface area contributed by atoms with Gasteiger partial charge >= 0.3 is 0 Å². The smallest absolute Gasteiger partial charge is 0.264 e. The van der Waals surface area contributed by atoms with Crippen LogP contribution in [0.2, 0.25) is 0 Å². The first-order valence-electron chi connectivity index (χ1n) is 6.33. The molecule has 0 aliphatic heterocycles. The lowest BCUT2D eigenvalue weighted by Crippen LogP contribution is -2.21. The second-order valence-electron chi connectivity index (χ2n) is 5.44. The van der Waals surface area contributed by atoms with Gasteiger partial charge in [0, 0.05) is 0 Å². The normalized spacial score (nSPS) is 31.6. The first kappa shape index (κ1) is 14.0. The van der Waals surface area contributed by atoms with E-state index in [4.69, 9.17) is 4.55 Å². The number of hydrogen-bond donors (Lipinski definition) is 1. The number of hydrogen-bond acceptors (Lipinski definition) is 2. The summed E-state index contributed by atoms with van der Waals surface area (Å²) in [5.74, 6) is 2.28. The summed E-state index contributed by atoms with van der Waals surface area (Å²) in [6.45, 7) is 4.61. The molecule has 1 rings (SSSR count). The van der Waals surface area contributed by atoms with E-state index in [9.17, 15) is 8.42 Å². The van der Waals surface area contributed by atoms with Crippen LogP contribution in [-0.4, -0.2) is 18.7 Å². The molecule has 0 spiro atoms. The molecular formula is C12H24O3S. The Balaban J connectivity index is 2.21. The monoisotopic (exact) mass is 248 g/mol. The average molecular weight is 248 g/mol. The predicted molar refractivity (Wildman–Crippen MR) is 65.9 cm³/mol. The van der Waals surface area contributed by atoms with E-state index in [-0.39, 0.29) is 5.75 Å². The molecule has 1 fully saturated rings. The lowest BCUT2D eigenvalue weighted by Gasteiger charge is -2.32. The van der Waals surface area contributed by atoms with Crippen LogP contribution in [0.4, 0.5) is 0 Å². The summed E-state index contributed by atoms with van der Waals surface area (Å²) in [5, 5.41) is 0. The fraction of sp³-hybridized carbons (Fsp3) is 1.00. The molecule has 3 atom stereocenters. The summed E-state index contributed by atoms with van der Waals surface area (Å²) in [5.41, 5.74) is 0. The molecule has 0 saturated heterocycles. The number of rotatable bonds is 5. The van der Waals surface area contributed by atoms with Crippen LogP contribution in [0.3, 0.4) is 0 Å². The first-order valence-corrected chi connectivity index (χ1v) is 7.94. The highest BCUT2D eigenvalue weighted by Crippen LogP contribution is 2.36. The third-order valence-corrected chi connectivity index (χ3v) is 4.66. The standard InChI is InChI=1S/C12H24O3S/c1-10-6-7-11(2)12(9-10)5-3-4-8-16(13,14)15/h10-12H,3-9H2,1-2H3,(H,13,14,15)/t10-,11-,12+/m1/s1. The Morgan fingerprint density at radius 1 is 1.19 bits per heavy atom. The van der Waals surface area contributed by atoms with Gasteiger partial charge in [0.25, 0.3) is 10.1 Å². The van der Waals surface area contributed by atoms with Crippen LogP contribution < -0.4 is 0 Å². The molecule has 0 bridgehead atoms. The molecule has 1 aliphatic rings. The molecule has 0 heterocycles. The van der Waals surface area contributed by atoms with Crippen molar-refractivity contribution in [3.8, 4) is 0 Å². The summed E-state index contributed by atoms with van der Waals surface area (Å²) in [6.07, 6.45) is 6.55. The SMILES string of the molecule is C[C@@H]1CC[C@@H](C)[C@@H](CCCCS(=O)(=O)O)C1. The zero-order valence-electron chi connectivity index (χ0n) is 10.4. The molecule has 0 radical (unpaired) electrons. The van der Waals surface area contributed by atoms with Crippen LogP contribution in [0.1, 0.15) is 52.4 Å². The molecule has 96 valence electrons. The second-order valence-corrected chi connectivity index (χ2v) is 7.01. The van der Waals surface area contributed by atoms with Crippen molar-refractivity contribution in [2.45, 2.75) is 52.4 Å². The van der Waals surface area contributed by atoms with Gasteiger partial charge in [-0.25, -0.2) is 0 Å². The predicted octanol–water partition coefficient (Wildman–Crippen LogP) is 3.12. The highest BCUT2D eigenvalue weighted by molar-refractivity contribution is 7.85. The summed E-state index contributed by atoms with van der Waals surface area (Å²) < 4.78 is 29.7. The third kappa shape index (κ3) is 5.30. The van der Waals surface area contributed by atoms with E-state index in [1.165, 1.54) is 19.3 Å². The van der Waals surface area contributed by atoms with Gasteiger partial charge < -0.3 is 0 Å². The summed E-state index contributed by atoms with van der Waals surface area (Å²) in [6, 6.07) is 0. The van der Waals surface area contributed by atoms with Crippen LogP contribution in [-0.2, 0) is 10.1 Å². The van der Waals surface area contributed by atoms with E-state index in [2.05, 4.69) is 13.8 Å². The van der Waals surface area contributed by atoms with Gasteiger partial charge in [-0.1, -0.05) is 39.5 Å². The maximum atomic E-state index is 10.6. The lowest BCUT2D eigenvalue weighted by atomic mass is 9.73. The van der Waals surface area contributed by atoms with Crippen LogP contribution in [0.25, 0.3) is 0 Å². The van der Waals surface area contributed by atoms with E-state index in [0.717, 1.165) is 30.6 Å². The van der Waals surface area contributed by atoms with Crippen molar-refractivity contribution in [2.75, 3.05) is 5.75 Å². The van der Waals surface area contributed by atoms with Gasteiger partial charge in [0.15, 0.2) is 0 Å². The zero-order valence-corrected chi connectivity index (χ0v) is 11.2. The van der Waals surface area contributed by atoms with E-state index >= 15 is 0 Å². The quantitative estimate of drug-likeness (QED) is 0.601. The van der Waals surface area contributed by atoms with Crippen molar-refractivity contribution < 1.29 is 13.0 Å². The third-order valence-electron chi connectivity index (χ3n) is 3.85. The van der Waals surface area contributed by atoms with E-state index in [0.29, 0.717) is 6.42 Å². The number of unbranched alkanes of at least 4 members (excludes halogenated alkanes) is 1. The molecule has 0 amide bonds. The van der Waals surface area contributed by atoms with Crippen LogP contribution >= 0.6 is 0 Å². The highest BCUT2D eigenvalue weighted by Gasteiger charge is 2.24. The molecule has 0 unspecified atom stereocenters. The van der Waals surface area contributed by atoms with E-state index in [1.54, 1.807) is 0 Å². The molecule has 0 aromatic rings. The van der Waals surface area contributed by atoms with Gasteiger partial charge in [0.2, 0.25) is 0 Å². The largest absolute Gasteiger partial charge is 0.286 e. The van der Waals surface area contributed by atoms with Crippen molar-refractivity contribution in [3.63, 3.8) is 0 Å². The molecule has 0 aromatic heterocycles. The van der Waals surface area contributed by atoms with Crippen molar-refractivity contribution in [1.82, 2.24) is 0 Å². The second kappa shape index (κ2) is 6.01. The summed E-state index contributed by atoms with van der Waals surface area (Å²) in [4.78, 5) is 0. The maximum Gasteiger partial charge on any atom is 0.264 e. The fourth-order valence-corrected chi connectivity index (χ4v) is 3.31. The zero-order chi connectivity index (χ0) is 12.2. The molecule has 0 aromatic carbocycles. The summed E-state index contributed by atoms with van der Waals surface area (Å²) >= 11 is 0. The Morgan fingerprint density at radius 2 is 1.88 bits per heavy atom. The highest BCUT2D eigenvalue weighted by atomic mass is 32.2. The van der Waals surface area contributed by atoms with Gasteiger partial charge in [0.05, 0.1) is 5.75 Å². The minimum atomic E-state index is -3.75. The van der Waals surface area contributed by atoms with Crippen molar-refractivity contribution in [2.24, 2.45) is 17.8 Å². The van der Waals surface area contributed by atoms with Gasteiger partial charge in [-0.3, -0.25) is 4.55 Å². The Bertz CT molecular complexity index is 297. The van der Waals surface area contributed by atoms with Crippen LogP contribution in [0, 0.1) is 17.8 Å². The van der Waals surface area contributed by atoms with Crippen LogP contribution in [0.15, 0.2) is 0 Å². The summed E-state index contributed by atoms with van der Waals surface area (Å²) in [7, 11) is -3.75. The van der Waals surface area contributed by atoms with Crippen molar-refractivity contribution >= 4 is 10.1 Å². The maximum absolute atomic E-state index is 10.6. The minimum Gasteiger partial charge on any atom is -0.286 e. The Morgan fingerprint density at radius 3 is 2.50 bits per heavy atom. The van der Waals surface area contributed by atoms with Crippen LogP contribution in [0.5, 0.6) is 0 Å². The molecule has 4 heteroatoms. The molecule has 1 N–H and O–H groups in total. The van der Waals surface area contributed by atoms with Gasteiger partial charge in [-0.05, 0) is 30.6 Å². The Labute approximate surface area is 99.4 Å². The van der Waals surface area contributed by atoms with Gasteiger partial charge in [-0.2, -0.15) is 8.42 Å². The molecule has 16 heavy (non-hydrogen) atoms. The lowest BCUT2D eigenvalue weighted by molar-refractivity contribution is 0.190. The van der Waals surface area contributed by atoms with Gasteiger partial charge in [0.1, 0.15) is 0 Å². The fourth-order valence-electron chi connectivity index (χ4n) is 2.74. The Kier molecular flexibility index (Phi) is 5.25. The molecule has 1 saturated carbocycles. The van der Waals surface area contributed by atoms with E-state index in [1.807, 2.05) is 0 Å². The van der Waals surface area contributed by atoms with Gasteiger partial charge in [-0.15, -0.1) is 0 Å². The topological polar surface area (TPSA) is 54.4 Å². The van der Waals surface area contributed by atoms with E-state index < -0.39 is 10.1 Å². The minimum absolute atomic E-state index is 0.0797. The molecule has 1 aliphatic carbocycles. The molecular weight excluding hydrogens is 224 g/mol.